The highest BCUT2D eigenvalue weighted by Crippen LogP contribution is 2.34. The standard InChI is InChI=1S/C17H18N4O2/c18-8-14-11-21(12-15(14)13-4-2-1-3-5-13)16-9-19-10-17(20-16)23-7-6-22/h1-5,9-10,14-15,22H,6-7,11-12H2/t14-,15+/m1/s1. The van der Waals surface area contributed by atoms with Crippen LogP contribution < -0.4 is 9.64 Å². The molecule has 1 aromatic carbocycles. The summed E-state index contributed by atoms with van der Waals surface area (Å²) in [4.78, 5) is 10.6. The molecule has 6 heteroatoms. The van der Waals surface area contributed by atoms with Gasteiger partial charge in [-0.25, -0.2) is 0 Å². The molecule has 0 radical (unpaired) electrons. The van der Waals surface area contributed by atoms with Crippen LogP contribution in [0.4, 0.5) is 5.82 Å². The minimum absolute atomic E-state index is 0.0673. The average Bonchev–Trinajstić information content (AvgIpc) is 3.05. The SMILES string of the molecule is N#C[C@@H]1CN(c2cncc(OCCO)n2)C[C@H]1c1ccccc1. The Morgan fingerprint density at radius 2 is 2.09 bits per heavy atom. The monoisotopic (exact) mass is 310 g/mol. The zero-order chi connectivity index (χ0) is 16.1. The molecule has 1 aliphatic heterocycles. The van der Waals surface area contributed by atoms with Crippen molar-refractivity contribution in [3.8, 4) is 11.9 Å². The molecule has 6 nitrogen and oxygen atoms in total. The van der Waals surface area contributed by atoms with Crippen LogP contribution in [0, 0.1) is 17.2 Å². The topological polar surface area (TPSA) is 82.3 Å². The normalized spacial score (nSPS) is 20.3. The van der Waals surface area contributed by atoms with E-state index in [9.17, 15) is 5.26 Å². The summed E-state index contributed by atoms with van der Waals surface area (Å²) in [6.45, 7) is 1.46. The molecular formula is C17H18N4O2. The number of rotatable bonds is 5. The molecule has 0 spiro atoms. The van der Waals surface area contributed by atoms with Gasteiger partial charge < -0.3 is 14.7 Å². The lowest BCUT2D eigenvalue weighted by Crippen LogP contribution is -2.21. The molecule has 3 rings (SSSR count). The van der Waals surface area contributed by atoms with Gasteiger partial charge in [0, 0.05) is 19.0 Å². The number of aliphatic hydroxyl groups excluding tert-OH is 1. The lowest BCUT2D eigenvalue weighted by molar-refractivity contribution is 0.196. The van der Waals surface area contributed by atoms with Crippen molar-refractivity contribution in [1.82, 2.24) is 9.97 Å². The number of hydrogen-bond donors (Lipinski definition) is 1. The molecule has 1 aliphatic rings. The van der Waals surface area contributed by atoms with E-state index in [1.54, 1.807) is 6.20 Å². The summed E-state index contributed by atoms with van der Waals surface area (Å²) in [5, 5.41) is 18.3. The van der Waals surface area contributed by atoms with E-state index in [0.717, 1.165) is 6.54 Å². The summed E-state index contributed by atoms with van der Waals surface area (Å²) >= 11 is 0. The van der Waals surface area contributed by atoms with Gasteiger partial charge in [-0.3, -0.25) is 4.98 Å². The first-order valence-corrected chi connectivity index (χ1v) is 7.57. The smallest absolute Gasteiger partial charge is 0.234 e. The molecular weight excluding hydrogens is 292 g/mol. The van der Waals surface area contributed by atoms with Crippen LogP contribution in [-0.2, 0) is 0 Å². The predicted octanol–water partition coefficient (Wildman–Crippen LogP) is 1.59. The summed E-state index contributed by atoms with van der Waals surface area (Å²) in [7, 11) is 0. The highest BCUT2D eigenvalue weighted by molar-refractivity contribution is 5.43. The van der Waals surface area contributed by atoms with Gasteiger partial charge in [0.25, 0.3) is 0 Å². The Balaban J connectivity index is 1.79. The van der Waals surface area contributed by atoms with Crippen LogP contribution in [-0.4, -0.2) is 41.4 Å². The van der Waals surface area contributed by atoms with Gasteiger partial charge in [-0.05, 0) is 5.56 Å². The molecule has 0 bridgehead atoms. The Kier molecular flexibility index (Phi) is 4.69. The van der Waals surface area contributed by atoms with Gasteiger partial charge in [0.05, 0.1) is 31.0 Å². The van der Waals surface area contributed by atoms with Crippen molar-refractivity contribution in [2.75, 3.05) is 31.2 Å². The first kappa shape index (κ1) is 15.3. The van der Waals surface area contributed by atoms with Crippen molar-refractivity contribution in [3.05, 3.63) is 48.3 Å². The lowest BCUT2D eigenvalue weighted by Gasteiger charge is -2.17. The van der Waals surface area contributed by atoms with Crippen LogP contribution in [0.3, 0.4) is 0 Å². The molecule has 1 aromatic heterocycles. The van der Waals surface area contributed by atoms with Crippen LogP contribution in [0.1, 0.15) is 11.5 Å². The van der Waals surface area contributed by atoms with Crippen molar-refractivity contribution in [2.24, 2.45) is 5.92 Å². The van der Waals surface area contributed by atoms with Gasteiger partial charge in [-0.15, -0.1) is 0 Å². The molecule has 2 atom stereocenters. The van der Waals surface area contributed by atoms with Gasteiger partial charge in [0.1, 0.15) is 6.61 Å². The van der Waals surface area contributed by atoms with Gasteiger partial charge in [0.2, 0.25) is 5.88 Å². The predicted molar refractivity (Wildman–Crippen MR) is 85.1 cm³/mol. The molecule has 23 heavy (non-hydrogen) atoms. The Labute approximate surface area is 135 Å². The molecule has 2 heterocycles. The van der Waals surface area contributed by atoms with Crippen molar-refractivity contribution in [3.63, 3.8) is 0 Å². The molecule has 1 fully saturated rings. The van der Waals surface area contributed by atoms with E-state index in [1.807, 2.05) is 18.2 Å². The average molecular weight is 310 g/mol. The highest BCUT2D eigenvalue weighted by atomic mass is 16.5. The molecule has 1 N–H and O–H groups in total. The van der Waals surface area contributed by atoms with E-state index in [4.69, 9.17) is 9.84 Å². The van der Waals surface area contributed by atoms with Crippen molar-refractivity contribution < 1.29 is 9.84 Å². The summed E-state index contributed by atoms with van der Waals surface area (Å²) in [5.41, 5.74) is 1.17. The molecule has 0 saturated carbocycles. The fourth-order valence-electron chi connectivity index (χ4n) is 2.87. The molecule has 0 amide bonds. The highest BCUT2D eigenvalue weighted by Gasteiger charge is 2.34. The number of benzene rings is 1. The third kappa shape index (κ3) is 3.41. The summed E-state index contributed by atoms with van der Waals surface area (Å²) in [6.07, 6.45) is 3.19. The van der Waals surface area contributed by atoms with E-state index in [0.29, 0.717) is 18.2 Å². The largest absolute Gasteiger partial charge is 0.474 e. The number of aliphatic hydroxyl groups is 1. The Morgan fingerprint density at radius 3 is 2.83 bits per heavy atom. The van der Waals surface area contributed by atoms with E-state index >= 15 is 0 Å². The Hall–Kier alpha value is -2.65. The number of nitrogens with zero attached hydrogens (tertiary/aromatic N) is 4. The molecule has 0 aliphatic carbocycles. The van der Waals surface area contributed by atoms with Crippen molar-refractivity contribution >= 4 is 5.82 Å². The first-order valence-electron chi connectivity index (χ1n) is 7.57. The van der Waals surface area contributed by atoms with Gasteiger partial charge in [-0.2, -0.15) is 10.2 Å². The Morgan fingerprint density at radius 1 is 1.26 bits per heavy atom. The van der Waals surface area contributed by atoms with E-state index < -0.39 is 0 Å². The third-order valence-electron chi connectivity index (χ3n) is 3.98. The third-order valence-corrected chi connectivity index (χ3v) is 3.98. The Bertz CT molecular complexity index is 686. The number of hydrogen-bond acceptors (Lipinski definition) is 6. The fraction of sp³-hybridized carbons (Fsp3) is 0.353. The van der Waals surface area contributed by atoms with Crippen LogP contribution in [0.25, 0.3) is 0 Å². The second-order valence-corrected chi connectivity index (χ2v) is 5.45. The minimum atomic E-state index is -0.0822. The maximum absolute atomic E-state index is 9.47. The lowest BCUT2D eigenvalue weighted by atomic mass is 9.90. The molecule has 1 saturated heterocycles. The van der Waals surface area contributed by atoms with E-state index in [-0.39, 0.29) is 25.0 Å². The fourth-order valence-corrected chi connectivity index (χ4v) is 2.87. The van der Waals surface area contributed by atoms with Crippen molar-refractivity contribution in [2.45, 2.75) is 5.92 Å². The van der Waals surface area contributed by atoms with Crippen molar-refractivity contribution in [1.29, 1.82) is 5.26 Å². The van der Waals surface area contributed by atoms with E-state index in [1.165, 1.54) is 11.8 Å². The molecule has 118 valence electrons. The van der Waals surface area contributed by atoms with Crippen LogP contribution in [0.5, 0.6) is 5.88 Å². The maximum Gasteiger partial charge on any atom is 0.234 e. The van der Waals surface area contributed by atoms with Crippen LogP contribution >= 0.6 is 0 Å². The van der Waals surface area contributed by atoms with Gasteiger partial charge in [-0.1, -0.05) is 30.3 Å². The van der Waals surface area contributed by atoms with Gasteiger partial charge >= 0.3 is 0 Å². The second kappa shape index (κ2) is 7.07. The number of anilines is 1. The quantitative estimate of drug-likeness (QED) is 0.903. The first-order chi connectivity index (χ1) is 11.3. The second-order valence-electron chi connectivity index (χ2n) is 5.45. The molecule has 2 aromatic rings. The van der Waals surface area contributed by atoms with E-state index in [2.05, 4.69) is 33.1 Å². The zero-order valence-electron chi connectivity index (χ0n) is 12.7. The van der Waals surface area contributed by atoms with Crippen LogP contribution in [0.15, 0.2) is 42.7 Å². The number of aromatic nitrogens is 2. The summed E-state index contributed by atoms with van der Waals surface area (Å²) < 4.78 is 5.30. The summed E-state index contributed by atoms with van der Waals surface area (Å²) in [5.74, 6) is 1.15. The van der Waals surface area contributed by atoms with Gasteiger partial charge in [0.15, 0.2) is 5.82 Å². The maximum atomic E-state index is 9.47. The number of nitriles is 1. The van der Waals surface area contributed by atoms with Crippen LogP contribution in [0.2, 0.25) is 0 Å². The minimum Gasteiger partial charge on any atom is -0.474 e. The summed E-state index contributed by atoms with van der Waals surface area (Å²) in [6, 6.07) is 12.5. The number of ether oxygens (including phenoxy) is 1. The zero-order valence-corrected chi connectivity index (χ0v) is 12.7. The molecule has 0 unspecified atom stereocenters.